The van der Waals surface area contributed by atoms with Gasteiger partial charge in [-0.15, -0.1) is 0 Å². The maximum atomic E-state index is 5.42. The minimum Gasteiger partial charge on any atom is -0.497 e. The van der Waals surface area contributed by atoms with E-state index in [1.54, 1.807) is 7.11 Å². The molecule has 0 radical (unpaired) electrons. The molecule has 21 heavy (non-hydrogen) atoms. The summed E-state index contributed by atoms with van der Waals surface area (Å²) in [7, 11) is 1.66. The summed E-state index contributed by atoms with van der Waals surface area (Å²) in [4.78, 5) is 0. The van der Waals surface area contributed by atoms with Crippen LogP contribution in [-0.4, -0.2) is 31.4 Å². The highest BCUT2D eigenvalue weighted by Gasteiger charge is 2.13. The smallest absolute Gasteiger partial charge is 0.167 e. The molecule has 1 unspecified atom stereocenters. The number of nitrogens with zero attached hydrogens (tertiary/aromatic N) is 1. The molecule has 1 fully saturated rings. The van der Waals surface area contributed by atoms with Crippen molar-refractivity contribution in [2.24, 2.45) is 0 Å². The first-order chi connectivity index (χ1) is 10.3. The standard InChI is InChI=1S/C16H21N3O2/c1-20-15-6-4-12(5-7-15)16-9-14(19-21-16)11-18-13-3-2-8-17-10-13/h4-7,9,13,17-18H,2-3,8,10-11H2,1H3. The lowest BCUT2D eigenvalue weighted by atomic mass is 10.1. The summed E-state index contributed by atoms with van der Waals surface area (Å²) in [5.41, 5.74) is 1.94. The van der Waals surface area contributed by atoms with Gasteiger partial charge in [0, 0.05) is 30.8 Å². The number of ether oxygens (including phenoxy) is 1. The summed E-state index contributed by atoms with van der Waals surface area (Å²) >= 11 is 0. The van der Waals surface area contributed by atoms with E-state index in [0.29, 0.717) is 6.04 Å². The molecule has 0 bridgehead atoms. The molecule has 0 aliphatic carbocycles. The van der Waals surface area contributed by atoms with E-state index in [2.05, 4.69) is 15.8 Å². The van der Waals surface area contributed by atoms with Crippen molar-refractivity contribution in [3.63, 3.8) is 0 Å². The Morgan fingerprint density at radius 1 is 1.38 bits per heavy atom. The Bertz CT molecular complexity index is 559. The van der Waals surface area contributed by atoms with E-state index in [-0.39, 0.29) is 0 Å². The molecule has 5 heteroatoms. The molecular formula is C16H21N3O2. The van der Waals surface area contributed by atoms with Crippen LogP contribution in [0.5, 0.6) is 5.75 Å². The molecule has 1 saturated heterocycles. The van der Waals surface area contributed by atoms with Crippen molar-refractivity contribution in [2.75, 3.05) is 20.2 Å². The summed E-state index contributed by atoms with van der Waals surface area (Å²) in [5, 5.41) is 11.0. The van der Waals surface area contributed by atoms with Gasteiger partial charge in [-0.05, 0) is 43.7 Å². The van der Waals surface area contributed by atoms with Gasteiger partial charge in [-0.3, -0.25) is 0 Å². The molecule has 1 aliphatic rings. The summed E-state index contributed by atoms with van der Waals surface area (Å²) in [6, 6.07) is 10.3. The highest BCUT2D eigenvalue weighted by molar-refractivity contribution is 5.58. The molecule has 5 nitrogen and oxygen atoms in total. The van der Waals surface area contributed by atoms with Crippen LogP contribution in [0.15, 0.2) is 34.9 Å². The van der Waals surface area contributed by atoms with Gasteiger partial charge < -0.3 is 19.9 Å². The van der Waals surface area contributed by atoms with Crippen molar-refractivity contribution in [3.05, 3.63) is 36.0 Å². The first-order valence-corrected chi connectivity index (χ1v) is 7.39. The number of piperidine rings is 1. The predicted octanol–water partition coefficient (Wildman–Crippen LogP) is 2.19. The van der Waals surface area contributed by atoms with Crippen LogP contribution in [-0.2, 0) is 6.54 Å². The Hall–Kier alpha value is -1.85. The molecule has 0 spiro atoms. The topological polar surface area (TPSA) is 59.3 Å². The number of hydrogen-bond donors (Lipinski definition) is 2. The van der Waals surface area contributed by atoms with Crippen LogP contribution in [0.25, 0.3) is 11.3 Å². The van der Waals surface area contributed by atoms with E-state index < -0.39 is 0 Å². The Kier molecular flexibility index (Phi) is 4.52. The summed E-state index contributed by atoms with van der Waals surface area (Å²) in [5.74, 6) is 1.63. The number of benzene rings is 1. The lowest BCUT2D eigenvalue weighted by Crippen LogP contribution is -2.42. The lowest BCUT2D eigenvalue weighted by molar-refractivity contribution is 0.376. The summed E-state index contributed by atoms with van der Waals surface area (Å²) in [6.07, 6.45) is 2.45. The molecule has 2 aromatic rings. The largest absolute Gasteiger partial charge is 0.497 e. The van der Waals surface area contributed by atoms with Crippen LogP contribution in [0.3, 0.4) is 0 Å². The number of rotatable bonds is 5. The Balaban J connectivity index is 1.59. The number of hydrogen-bond acceptors (Lipinski definition) is 5. The molecule has 3 rings (SSSR count). The zero-order valence-corrected chi connectivity index (χ0v) is 12.3. The minimum absolute atomic E-state index is 0.528. The highest BCUT2D eigenvalue weighted by Crippen LogP contribution is 2.23. The minimum atomic E-state index is 0.528. The number of methoxy groups -OCH3 is 1. The van der Waals surface area contributed by atoms with Crippen LogP contribution in [0.4, 0.5) is 0 Å². The first kappa shape index (κ1) is 14.1. The molecule has 0 saturated carbocycles. The molecule has 2 heterocycles. The van der Waals surface area contributed by atoms with E-state index in [1.165, 1.54) is 12.8 Å². The zero-order chi connectivity index (χ0) is 14.5. The van der Waals surface area contributed by atoms with Crippen LogP contribution in [0.1, 0.15) is 18.5 Å². The van der Waals surface area contributed by atoms with E-state index in [0.717, 1.165) is 42.4 Å². The average Bonchev–Trinajstić information content (AvgIpc) is 3.03. The molecule has 0 amide bonds. The number of nitrogens with one attached hydrogen (secondary N) is 2. The molecule has 112 valence electrons. The fourth-order valence-corrected chi connectivity index (χ4v) is 2.56. The monoisotopic (exact) mass is 287 g/mol. The van der Waals surface area contributed by atoms with E-state index >= 15 is 0 Å². The molecule has 1 atom stereocenters. The number of aromatic nitrogens is 1. The zero-order valence-electron chi connectivity index (χ0n) is 12.3. The Morgan fingerprint density at radius 3 is 2.95 bits per heavy atom. The molecule has 1 aliphatic heterocycles. The fourth-order valence-electron chi connectivity index (χ4n) is 2.56. The maximum Gasteiger partial charge on any atom is 0.167 e. The SMILES string of the molecule is COc1ccc(-c2cc(CNC3CCCNC3)no2)cc1. The van der Waals surface area contributed by atoms with Gasteiger partial charge in [-0.1, -0.05) is 5.16 Å². The third-order valence-electron chi connectivity index (χ3n) is 3.80. The van der Waals surface area contributed by atoms with Gasteiger partial charge in [-0.25, -0.2) is 0 Å². The van der Waals surface area contributed by atoms with Crippen LogP contribution < -0.4 is 15.4 Å². The van der Waals surface area contributed by atoms with Gasteiger partial charge in [-0.2, -0.15) is 0 Å². The van der Waals surface area contributed by atoms with Gasteiger partial charge in [0.1, 0.15) is 5.75 Å². The lowest BCUT2D eigenvalue weighted by Gasteiger charge is -2.23. The predicted molar refractivity (Wildman–Crippen MR) is 81.2 cm³/mol. The molecular weight excluding hydrogens is 266 g/mol. The third-order valence-corrected chi connectivity index (χ3v) is 3.80. The van der Waals surface area contributed by atoms with E-state index in [9.17, 15) is 0 Å². The van der Waals surface area contributed by atoms with Crippen LogP contribution in [0.2, 0.25) is 0 Å². The summed E-state index contributed by atoms with van der Waals surface area (Å²) < 4.78 is 10.6. The Labute approximate surface area is 124 Å². The van der Waals surface area contributed by atoms with Crippen molar-refractivity contribution >= 4 is 0 Å². The summed E-state index contributed by atoms with van der Waals surface area (Å²) in [6.45, 7) is 2.90. The third kappa shape index (κ3) is 3.62. The van der Waals surface area contributed by atoms with Crippen LogP contribution in [0, 0.1) is 0 Å². The second kappa shape index (κ2) is 6.74. The normalized spacial score (nSPS) is 18.6. The molecule has 2 N–H and O–H groups in total. The maximum absolute atomic E-state index is 5.42. The fraction of sp³-hybridized carbons (Fsp3) is 0.438. The van der Waals surface area contributed by atoms with Gasteiger partial charge in [0.05, 0.1) is 12.8 Å². The quantitative estimate of drug-likeness (QED) is 0.883. The van der Waals surface area contributed by atoms with Crippen molar-refractivity contribution in [3.8, 4) is 17.1 Å². The molecule has 1 aromatic heterocycles. The van der Waals surface area contributed by atoms with Crippen LogP contribution >= 0.6 is 0 Å². The van der Waals surface area contributed by atoms with Gasteiger partial charge >= 0.3 is 0 Å². The second-order valence-electron chi connectivity index (χ2n) is 5.34. The average molecular weight is 287 g/mol. The highest BCUT2D eigenvalue weighted by atomic mass is 16.5. The van der Waals surface area contributed by atoms with Crippen molar-refractivity contribution in [1.29, 1.82) is 0 Å². The second-order valence-corrected chi connectivity index (χ2v) is 5.34. The van der Waals surface area contributed by atoms with Crippen molar-refractivity contribution in [1.82, 2.24) is 15.8 Å². The molecule has 1 aromatic carbocycles. The van der Waals surface area contributed by atoms with E-state index in [1.807, 2.05) is 30.3 Å². The van der Waals surface area contributed by atoms with Crippen molar-refractivity contribution < 1.29 is 9.26 Å². The first-order valence-electron chi connectivity index (χ1n) is 7.39. The van der Waals surface area contributed by atoms with Gasteiger partial charge in [0.15, 0.2) is 5.76 Å². The van der Waals surface area contributed by atoms with Gasteiger partial charge in [0.25, 0.3) is 0 Å². The Morgan fingerprint density at radius 2 is 2.24 bits per heavy atom. The van der Waals surface area contributed by atoms with E-state index in [4.69, 9.17) is 9.26 Å². The van der Waals surface area contributed by atoms with Crippen molar-refractivity contribution in [2.45, 2.75) is 25.4 Å². The van der Waals surface area contributed by atoms with Gasteiger partial charge in [0.2, 0.25) is 0 Å².